The van der Waals surface area contributed by atoms with Gasteiger partial charge in [0, 0.05) is 38.5 Å². The zero-order valence-corrected chi connectivity index (χ0v) is 17.6. The Morgan fingerprint density at radius 3 is 2.59 bits per heavy atom. The molecule has 2 aliphatic heterocycles. The number of amides is 1. The van der Waals surface area contributed by atoms with Gasteiger partial charge in [-0.25, -0.2) is 0 Å². The summed E-state index contributed by atoms with van der Waals surface area (Å²) in [7, 11) is 0. The molecule has 1 atom stereocenters. The minimum absolute atomic E-state index is 0.0517. The average molecular weight is 402 g/mol. The minimum Gasteiger partial charge on any atom is -0.375 e. The first-order valence-corrected chi connectivity index (χ1v) is 11.9. The van der Waals surface area contributed by atoms with Crippen molar-refractivity contribution in [2.24, 2.45) is 11.8 Å². The number of piperidine rings is 1. The molecule has 1 unspecified atom stereocenters. The molecule has 0 N–H and O–H groups in total. The fraction of sp³-hybridized carbons (Fsp3) is 0.870. The van der Waals surface area contributed by atoms with Gasteiger partial charge in [0.15, 0.2) is 5.82 Å². The average Bonchev–Trinajstić information content (AvgIpc) is 3.49. The summed E-state index contributed by atoms with van der Waals surface area (Å²) in [6.45, 7) is 2.51. The predicted molar refractivity (Wildman–Crippen MR) is 108 cm³/mol. The molecule has 1 spiro atoms. The van der Waals surface area contributed by atoms with Gasteiger partial charge in [0.25, 0.3) is 0 Å². The van der Waals surface area contributed by atoms with E-state index in [9.17, 15) is 4.79 Å². The Morgan fingerprint density at radius 2 is 1.83 bits per heavy atom. The van der Waals surface area contributed by atoms with E-state index in [-0.39, 0.29) is 5.60 Å². The van der Waals surface area contributed by atoms with Gasteiger partial charge in [-0.15, -0.1) is 0 Å². The fourth-order valence-corrected chi connectivity index (χ4v) is 5.69. The number of aromatic nitrogens is 2. The van der Waals surface area contributed by atoms with Crippen molar-refractivity contribution in [3.05, 3.63) is 11.7 Å². The number of rotatable bonds is 5. The molecule has 3 heterocycles. The van der Waals surface area contributed by atoms with Gasteiger partial charge in [-0.3, -0.25) is 4.79 Å². The lowest BCUT2D eigenvalue weighted by Crippen LogP contribution is -2.51. The summed E-state index contributed by atoms with van der Waals surface area (Å²) in [6, 6.07) is 0. The quantitative estimate of drug-likeness (QED) is 0.738. The molecule has 160 valence electrons. The van der Waals surface area contributed by atoms with Crippen LogP contribution in [0.1, 0.15) is 94.7 Å². The van der Waals surface area contributed by atoms with Crippen LogP contribution in [0.25, 0.3) is 0 Å². The number of carbonyl (C=O) groups is 1. The first-order valence-electron chi connectivity index (χ1n) is 11.9. The summed E-state index contributed by atoms with van der Waals surface area (Å²) < 4.78 is 11.8. The van der Waals surface area contributed by atoms with Gasteiger partial charge in [-0.1, -0.05) is 24.4 Å². The predicted octanol–water partition coefficient (Wildman–Crippen LogP) is 4.25. The minimum atomic E-state index is -0.0517. The molecule has 2 aliphatic carbocycles. The molecule has 0 aromatic carbocycles. The second kappa shape index (κ2) is 8.37. The van der Waals surface area contributed by atoms with Gasteiger partial charge in [-0.05, 0) is 63.2 Å². The Hall–Kier alpha value is -1.43. The van der Waals surface area contributed by atoms with Crippen LogP contribution in [-0.2, 0) is 16.0 Å². The van der Waals surface area contributed by atoms with Crippen molar-refractivity contribution in [3.8, 4) is 0 Å². The van der Waals surface area contributed by atoms with E-state index >= 15 is 0 Å². The Balaban J connectivity index is 1.12. The van der Waals surface area contributed by atoms with Crippen LogP contribution >= 0.6 is 0 Å². The molecule has 1 amide bonds. The smallest absolute Gasteiger partial charge is 0.226 e. The molecule has 2 saturated heterocycles. The maximum absolute atomic E-state index is 12.8. The normalized spacial score (nSPS) is 28.0. The van der Waals surface area contributed by atoms with Crippen LogP contribution in [0.4, 0.5) is 0 Å². The highest BCUT2D eigenvalue weighted by molar-refractivity contribution is 5.76. The summed E-state index contributed by atoms with van der Waals surface area (Å²) in [4.78, 5) is 19.5. The van der Waals surface area contributed by atoms with E-state index in [4.69, 9.17) is 9.26 Å². The van der Waals surface area contributed by atoms with Gasteiger partial charge in [0.1, 0.15) is 0 Å². The van der Waals surface area contributed by atoms with Gasteiger partial charge >= 0.3 is 0 Å². The molecule has 5 rings (SSSR count). The Kier molecular flexibility index (Phi) is 5.63. The summed E-state index contributed by atoms with van der Waals surface area (Å²) in [5.74, 6) is 3.79. The highest BCUT2D eigenvalue weighted by atomic mass is 16.5. The second-order valence-corrected chi connectivity index (χ2v) is 10.0. The fourth-order valence-electron chi connectivity index (χ4n) is 5.69. The molecular formula is C23H35N3O3. The summed E-state index contributed by atoms with van der Waals surface area (Å²) in [5, 5.41) is 4.16. The van der Waals surface area contributed by atoms with Crippen LogP contribution < -0.4 is 0 Å². The van der Waals surface area contributed by atoms with Crippen molar-refractivity contribution in [1.82, 2.24) is 15.0 Å². The van der Waals surface area contributed by atoms with Crippen LogP contribution in [-0.4, -0.2) is 46.2 Å². The Morgan fingerprint density at radius 1 is 1.03 bits per heavy atom. The van der Waals surface area contributed by atoms with E-state index in [2.05, 4.69) is 15.0 Å². The molecular weight excluding hydrogens is 366 g/mol. The maximum Gasteiger partial charge on any atom is 0.226 e. The lowest BCUT2D eigenvalue weighted by Gasteiger charge is -2.46. The van der Waals surface area contributed by atoms with Gasteiger partial charge in [0.2, 0.25) is 11.8 Å². The third-order valence-corrected chi connectivity index (χ3v) is 7.70. The van der Waals surface area contributed by atoms with Crippen molar-refractivity contribution in [2.45, 2.75) is 95.0 Å². The molecule has 6 heteroatoms. The lowest BCUT2D eigenvalue weighted by atomic mass is 9.78. The van der Waals surface area contributed by atoms with Crippen molar-refractivity contribution in [1.29, 1.82) is 0 Å². The van der Waals surface area contributed by atoms with Crippen LogP contribution in [0.15, 0.2) is 4.52 Å². The molecule has 0 radical (unpaired) electrons. The molecule has 29 heavy (non-hydrogen) atoms. The van der Waals surface area contributed by atoms with Crippen molar-refractivity contribution >= 4 is 5.91 Å². The van der Waals surface area contributed by atoms with E-state index < -0.39 is 0 Å². The zero-order valence-electron chi connectivity index (χ0n) is 17.6. The monoisotopic (exact) mass is 401 g/mol. The second-order valence-electron chi connectivity index (χ2n) is 10.0. The third-order valence-electron chi connectivity index (χ3n) is 7.70. The van der Waals surface area contributed by atoms with Crippen LogP contribution in [0.3, 0.4) is 0 Å². The Labute approximate surface area is 173 Å². The SMILES string of the molecule is O=C(CC1CCCCC1)N1CCC2(CC1)CC(Cc1nc(C3CC3)no1)CCO2. The molecule has 0 bridgehead atoms. The summed E-state index contributed by atoms with van der Waals surface area (Å²) in [5.41, 5.74) is -0.0517. The number of hydrogen-bond donors (Lipinski definition) is 0. The number of likely N-dealkylation sites (tertiary alicyclic amines) is 1. The van der Waals surface area contributed by atoms with Gasteiger partial charge in [0.05, 0.1) is 5.60 Å². The third kappa shape index (κ3) is 4.68. The van der Waals surface area contributed by atoms with Crippen molar-refractivity contribution in [3.63, 3.8) is 0 Å². The molecule has 2 saturated carbocycles. The molecule has 6 nitrogen and oxygen atoms in total. The first-order chi connectivity index (χ1) is 14.2. The summed E-state index contributed by atoms with van der Waals surface area (Å²) in [6.07, 6.45) is 14.5. The highest BCUT2D eigenvalue weighted by Crippen LogP contribution is 2.40. The number of carbonyl (C=O) groups excluding carboxylic acids is 1. The molecule has 1 aromatic heterocycles. The zero-order chi connectivity index (χ0) is 19.7. The molecule has 4 aliphatic rings. The number of nitrogens with zero attached hydrogens (tertiary/aromatic N) is 3. The van der Waals surface area contributed by atoms with Gasteiger partial charge in [-0.2, -0.15) is 4.98 Å². The largest absolute Gasteiger partial charge is 0.375 e. The molecule has 4 fully saturated rings. The van der Waals surface area contributed by atoms with E-state index in [1.807, 2.05) is 0 Å². The lowest BCUT2D eigenvalue weighted by molar-refractivity contribution is -0.148. The maximum atomic E-state index is 12.8. The number of ether oxygens (including phenoxy) is 1. The van der Waals surface area contributed by atoms with Crippen molar-refractivity contribution in [2.75, 3.05) is 19.7 Å². The van der Waals surface area contributed by atoms with E-state index in [1.54, 1.807) is 0 Å². The molecule has 1 aromatic rings. The van der Waals surface area contributed by atoms with E-state index in [0.717, 1.165) is 69.9 Å². The first kappa shape index (κ1) is 19.5. The standard InChI is InChI=1S/C23H35N3O3/c27-21(15-17-4-2-1-3-5-17)26-11-9-23(10-12-26)16-18(8-13-28-23)14-20-24-22(25-29-20)19-6-7-19/h17-19H,1-16H2. The van der Waals surface area contributed by atoms with Crippen LogP contribution in [0.2, 0.25) is 0 Å². The number of hydrogen-bond acceptors (Lipinski definition) is 5. The van der Waals surface area contributed by atoms with E-state index in [1.165, 1.54) is 44.9 Å². The van der Waals surface area contributed by atoms with E-state index in [0.29, 0.717) is 23.7 Å². The topological polar surface area (TPSA) is 68.5 Å². The highest BCUT2D eigenvalue weighted by Gasteiger charge is 2.41. The Bertz CT molecular complexity index is 700. The summed E-state index contributed by atoms with van der Waals surface area (Å²) >= 11 is 0. The van der Waals surface area contributed by atoms with Gasteiger partial charge < -0.3 is 14.2 Å². The van der Waals surface area contributed by atoms with Crippen LogP contribution in [0, 0.1) is 11.8 Å². The van der Waals surface area contributed by atoms with Crippen LogP contribution in [0.5, 0.6) is 0 Å². The van der Waals surface area contributed by atoms with Crippen molar-refractivity contribution < 1.29 is 14.1 Å².